The van der Waals surface area contributed by atoms with Crippen molar-refractivity contribution >= 4 is 26.6 Å². The van der Waals surface area contributed by atoms with E-state index in [9.17, 15) is 8.42 Å². The Labute approximate surface area is 172 Å². The number of rotatable bonds is 7. The van der Waals surface area contributed by atoms with E-state index >= 15 is 0 Å². The SMILES string of the molecule is CCCCOc1ccc(S(=O)(=O)n2ccc3c(N4CCNCC4)cccc32)cc1. The maximum Gasteiger partial charge on any atom is 0.268 e. The van der Waals surface area contributed by atoms with Gasteiger partial charge in [0.1, 0.15) is 5.75 Å². The Morgan fingerprint density at radius 2 is 1.79 bits per heavy atom. The van der Waals surface area contributed by atoms with Crippen molar-refractivity contribution < 1.29 is 13.2 Å². The second-order valence-electron chi connectivity index (χ2n) is 7.24. The molecule has 0 bridgehead atoms. The topological polar surface area (TPSA) is 63.6 Å². The highest BCUT2D eigenvalue weighted by Gasteiger charge is 2.21. The van der Waals surface area contributed by atoms with Gasteiger partial charge in [-0.2, -0.15) is 0 Å². The van der Waals surface area contributed by atoms with Crippen LogP contribution in [-0.2, 0) is 10.0 Å². The number of unbranched alkanes of at least 4 members (excludes halogenated alkanes) is 1. The zero-order chi connectivity index (χ0) is 20.3. The zero-order valence-corrected chi connectivity index (χ0v) is 17.5. The normalized spacial score (nSPS) is 15.0. The van der Waals surface area contributed by atoms with Gasteiger partial charge in [0.05, 0.1) is 17.0 Å². The number of hydrogen-bond acceptors (Lipinski definition) is 5. The third-order valence-electron chi connectivity index (χ3n) is 5.28. The molecular weight excluding hydrogens is 386 g/mol. The summed E-state index contributed by atoms with van der Waals surface area (Å²) in [6.45, 7) is 6.44. The number of benzene rings is 2. The van der Waals surface area contributed by atoms with Gasteiger partial charge >= 0.3 is 0 Å². The molecule has 1 aliphatic heterocycles. The predicted molar refractivity (Wildman–Crippen MR) is 116 cm³/mol. The molecule has 1 saturated heterocycles. The minimum atomic E-state index is -3.68. The van der Waals surface area contributed by atoms with Gasteiger partial charge in [-0.15, -0.1) is 0 Å². The molecule has 154 valence electrons. The predicted octanol–water partition coefficient (Wildman–Crippen LogP) is 3.47. The van der Waals surface area contributed by atoms with Crippen molar-refractivity contribution in [3.8, 4) is 5.75 Å². The molecule has 0 amide bonds. The Kier molecular flexibility index (Phi) is 5.78. The minimum Gasteiger partial charge on any atom is -0.494 e. The van der Waals surface area contributed by atoms with Gasteiger partial charge in [-0.1, -0.05) is 19.4 Å². The minimum absolute atomic E-state index is 0.255. The Morgan fingerprint density at radius 3 is 2.52 bits per heavy atom. The fraction of sp³-hybridized carbons (Fsp3) is 0.364. The first-order valence-electron chi connectivity index (χ1n) is 10.2. The molecule has 0 unspecified atom stereocenters. The summed E-state index contributed by atoms with van der Waals surface area (Å²) >= 11 is 0. The van der Waals surface area contributed by atoms with Crippen molar-refractivity contribution in [2.75, 3.05) is 37.7 Å². The number of anilines is 1. The molecule has 2 aromatic carbocycles. The van der Waals surface area contributed by atoms with Gasteiger partial charge in [0.2, 0.25) is 0 Å². The molecule has 2 heterocycles. The second kappa shape index (κ2) is 8.47. The van der Waals surface area contributed by atoms with Crippen molar-refractivity contribution in [2.45, 2.75) is 24.7 Å². The molecule has 4 rings (SSSR count). The Morgan fingerprint density at radius 1 is 1.03 bits per heavy atom. The molecule has 7 heteroatoms. The highest BCUT2D eigenvalue weighted by Crippen LogP contribution is 2.30. The molecule has 1 N–H and O–H groups in total. The number of aromatic nitrogens is 1. The zero-order valence-electron chi connectivity index (χ0n) is 16.7. The van der Waals surface area contributed by atoms with Crippen molar-refractivity contribution in [1.82, 2.24) is 9.29 Å². The maximum atomic E-state index is 13.3. The van der Waals surface area contributed by atoms with E-state index < -0.39 is 10.0 Å². The van der Waals surface area contributed by atoms with Crippen LogP contribution in [-0.4, -0.2) is 45.2 Å². The third-order valence-corrected chi connectivity index (χ3v) is 6.98. The van der Waals surface area contributed by atoms with Gasteiger partial charge in [-0.25, -0.2) is 12.4 Å². The largest absolute Gasteiger partial charge is 0.494 e. The van der Waals surface area contributed by atoms with E-state index in [1.807, 2.05) is 18.2 Å². The summed E-state index contributed by atoms with van der Waals surface area (Å²) in [5, 5.41) is 4.31. The lowest BCUT2D eigenvalue weighted by atomic mass is 10.2. The first kappa shape index (κ1) is 19.8. The van der Waals surface area contributed by atoms with Crippen LogP contribution in [0.4, 0.5) is 5.69 Å². The van der Waals surface area contributed by atoms with Crippen LogP contribution in [0.15, 0.2) is 59.6 Å². The van der Waals surface area contributed by atoms with Crippen LogP contribution in [0, 0.1) is 0 Å². The van der Waals surface area contributed by atoms with Gasteiger partial charge in [0.25, 0.3) is 10.0 Å². The fourth-order valence-corrected chi connectivity index (χ4v) is 5.02. The van der Waals surface area contributed by atoms with Gasteiger partial charge in [0, 0.05) is 43.4 Å². The van der Waals surface area contributed by atoms with E-state index in [4.69, 9.17) is 4.74 Å². The highest BCUT2D eigenvalue weighted by atomic mass is 32.2. The van der Waals surface area contributed by atoms with Gasteiger partial charge in [-0.3, -0.25) is 0 Å². The van der Waals surface area contributed by atoms with Crippen LogP contribution in [0.5, 0.6) is 5.75 Å². The average Bonchev–Trinajstić information content (AvgIpc) is 3.20. The van der Waals surface area contributed by atoms with Crippen LogP contribution in [0.1, 0.15) is 19.8 Å². The molecule has 29 heavy (non-hydrogen) atoms. The summed E-state index contributed by atoms with van der Waals surface area (Å²) in [5.41, 5.74) is 1.78. The van der Waals surface area contributed by atoms with E-state index in [0.29, 0.717) is 17.9 Å². The maximum absolute atomic E-state index is 13.3. The summed E-state index contributed by atoms with van der Waals surface area (Å²) in [6, 6.07) is 14.4. The number of nitrogens with zero attached hydrogens (tertiary/aromatic N) is 2. The number of ether oxygens (including phenoxy) is 1. The number of nitrogens with one attached hydrogen (secondary N) is 1. The highest BCUT2D eigenvalue weighted by molar-refractivity contribution is 7.90. The first-order valence-corrected chi connectivity index (χ1v) is 11.6. The number of fused-ring (bicyclic) bond motifs is 1. The molecule has 3 aromatic rings. The summed E-state index contributed by atoms with van der Waals surface area (Å²) in [4.78, 5) is 2.56. The third kappa shape index (κ3) is 3.97. The van der Waals surface area contributed by atoms with Gasteiger partial charge in [0.15, 0.2) is 0 Å². The number of hydrogen-bond donors (Lipinski definition) is 1. The molecule has 0 saturated carbocycles. The smallest absolute Gasteiger partial charge is 0.268 e. The Bertz CT molecular complexity index is 1070. The van der Waals surface area contributed by atoms with Crippen molar-refractivity contribution in [1.29, 1.82) is 0 Å². The quantitative estimate of drug-likeness (QED) is 0.601. The molecule has 0 radical (unpaired) electrons. The number of piperazine rings is 1. The molecule has 6 nitrogen and oxygen atoms in total. The molecule has 1 aromatic heterocycles. The lowest BCUT2D eigenvalue weighted by molar-refractivity contribution is 0.309. The van der Waals surface area contributed by atoms with Gasteiger partial charge < -0.3 is 15.0 Å². The lowest BCUT2D eigenvalue weighted by Crippen LogP contribution is -2.43. The Hall–Kier alpha value is -2.51. The van der Waals surface area contributed by atoms with E-state index in [1.54, 1.807) is 30.5 Å². The standard InChI is InChI=1S/C22H27N3O3S/c1-2-3-17-28-18-7-9-19(10-8-18)29(26,27)25-14-11-20-21(5-4-6-22(20)25)24-15-12-23-13-16-24/h4-11,14,23H,2-3,12-13,15-17H2,1H3. The molecular formula is C22H27N3O3S. The average molecular weight is 414 g/mol. The summed E-state index contributed by atoms with van der Waals surface area (Å²) in [7, 11) is -3.68. The van der Waals surface area contributed by atoms with E-state index in [2.05, 4.69) is 23.2 Å². The van der Waals surface area contributed by atoms with Crippen LogP contribution < -0.4 is 15.0 Å². The van der Waals surface area contributed by atoms with Crippen LogP contribution in [0.2, 0.25) is 0 Å². The van der Waals surface area contributed by atoms with E-state index in [1.165, 1.54) is 3.97 Å². The molecule has 0 aliphatic carbocycles. The van der Waals surface area contributed by atoms with Crippen molar-refractivity contribution in [2.24, 2.45) is 0 Å². The first-order chi connectivity index (χ1) is 14.1. The van der Waals surface area contributed by atoms with E-state index in [0.717, 1.165) is 50.1 Å². The lowest BCUT2D eigenvalue weighted by Gasteiger charge is -2.30. The monoisotopic (exact) mass is 413 g/mol. The van der Waals surface area contributed by atoms with Crippen LogP contribution >= 0.6 is 0 Å². The fourth-order valence-electron chi connectivity index (χ4n) is 3.67. The molecule has 1 fully saturated rings. The second-order valence-corrected chi connectivity index (χ2v) is 9.05. The van der Waals surface area contributed by atoms with Crippen molar-refractivity contribution in [3.63, 3.8) is 0 Å². The molecule has 0 atom stereocenters. The van der Waals surface area contributed by atoms with E-state index in [-0.39, 0.29) is 4.90 Å². The van der Waals surface area contributed by atoms with Crippen LogP contribution in [0.25, 0.3) is 10.9 Å². The van der Waals surface area contributed by atoms with Crippen LogP contribution in [0.3, 0.4) is 0 Å². The van der Waals surface area contributed by atoms with Gasteiger partial charge in [-0.05, 0) is 48.9 Å². The summed E-state index contributed by atoms with van der Waals surface area (Å²) in [5.74, 6) is 0.691. The summed E-state index contributed by atoms with van der Waals surface area (Å²) < 4.78 is 33.6. The molecule has 0 spiro atoms. The van der Waals surface area contributed by atoms with Crippen molar-refractivity contribution in [3.05, 3.63) is 54.7 Å². The summed E-state index contributed by atoms with van der Waals surface area (Å²) in [6.07, 6.45) is 3.69. The molecule has 1 aliphatic rings. The Balaban J connectivity index is 1.65.